The van der Waals surface area contributed by atoms with Crippen LogP contribution in [-0.4, -0.2) is 0 Å². The second-order valence-electron chi connectivity index (χ2n) is 8.61. The standard InChI is InChI=1S/4C7H9.Hf/c4*1-2-7-5-3-4-6-7;/h4*3,5H,2,4H2,1H3;. The summed E-state index contributed by atoms with van der Waals surface area (Å²) in [6.45, 7) is 9.48. The molecule has 4 rings (SSSR count). The van der Waals surface area contributed by atoms with E-state index in [-0.39, 0.29) is 0 Å². The summed E-state index contributed by atoms with van der Waals surface area (Å²) in [5.74, 6) is 0. The van der Waals surface area contributed by atoms with E-state index in [0.717, 1.165) is 0 Å². The number of rotatable bonds is 8. The Kier molecular flexibility index (Phi) is 6.44. The Bertz CT molecular complexity index is 779. The van der Waals surface area contributed by atoms with Crippen molar-refractivity contribution >= 4 is 0 Å². The molecule has 0 unspecified atom stereocenters. The summed E-state index contributed by atoms with van der Waals surface area (Å²) >= 11 is -3.40. The predicted molar refractivity (Wildman–Crippen MR) is 124 cm³/mol. The molecule has 4 aliphatic rings. The van der Waals surface area contributed by atoms with Crippen molar-refractivity contribution in [3.05, 3.63) is 84.2 Å². The molecule has 0 saturated carbocycles. The van der Waals surface area contributed by atoms with Crippen LogP contribution in [0.15, 0.2) is 84.2 Å². The minimum absolute atomic E-state index is 1.18. The van der Waals surface area contributed by atoms with Crippen molar-refractivity contribution in [1.82, 2.24) is 0 Å². The first-order valence-electron chi connectivity index (χ1n) is 11.8. The third-order valence-electron chi connectivity index (χ3n) is 7.45. The van der Waals surface area contributed by atoms with Gasteiger partial charge in [-0.3, -0.25) is 0 Å². The van der Waals surface area contributed by atoms with Gasteiger partial charge in [-0.15, -0.1) is 0 Å². The fourth-order valence-electron chi connectivity index (χ4n) is 6.20. The summed E-state index contributed by atoms with van der Waals surface area (Å²) < 4.78 is 7.61. The molecule has 0 nitrogen and oxygen atoms in total. The molecule has 0 fully saturated rings. The molecule has 0 bridgehead atoms. The SMILES string of the molecule is CCC1=[C]([Hf]([C]2=C(CC)C=CC2)([C]2=C(CC)C=CC2)[C]2=C(CC)C=CC2)CC=C1. The van der Waals surface area contributed by atoms with Crippen LogP contribution in [0.1, 0.15) is 79.1 Å². The van der Waals surface area contributed by atoms with E-state index in [1.54, 1.807) is 22.3 Å². The third-order valence-corrected chi connectivity index (χ3v) is 28.0. The van der Waals surface area contributed by atoms with Crippen LogP contribution in [-0.2, 0) is 20.0 Å². The number of hydrogen-bond donors (Lipinski definition) is 0. The first kappa shape index (κ1) is 21.0. The van der Waals surface area contributed by atoms with Gasteiger partial charge >= 0.3 is 183 Å². The molecule has 1 heteroatoms. The Labute approximate surface area is 182 Å². The molecule has 0 radical (unpaired) electrons. The molecule has 0 aromatic heterocycles. The average Bonchev–Trinajstić information content (AvgIpc) is 3.56. The van der Waals surface area contributed by atoms with Gasteiger partial charge in [-0.2, -0.15) is 0 Å². The van der Waals surface area contributed by atoms with Crippen LogP contribution in [0.5, 0.6) is 0 Å². The van der Waals surface area contributed by atoms with Crippen LogP contribution in [0.2, 0.25) is 0 Å². The number of allylic oxidation sites excluding steroid dienone is 16. The predicted octanol–water partition coefficient (Wildman–Crippen LogP) is 8.64. The van der Waals surface area contributed by atoms with Crippen LogP contribution >= 0.6 is 0 Å². The van der Waals surface area contributed by atoms with Crippen molar-refractivity contribution in [2.45, 2.75) is 79.1 Å². The van der Waals surface area contributed by atoms with Gasteiger partial charge in [0.05, 0.1) is 0 Å². The van der Waals surface area contributed by atoms with Crippen molar-refractivity contribution in [3.63, 3.8) is 0 Å². The second-order valence-corrected chi connectivity index (χ2v) is 22.7. The molecule has 0 heterocycles. The summed E-state index contributed by atoms with van der Waals surface area (Å²) in [6, 6.07) is 0. The molecule has 0 aliphatic heterocycles. The molecule has 0 aromatic carbocycles. The zero-order chi connectivity index (χ0) is 20.4. The Balaban J connectivity index is 2.11. The Morgan fingerprint density at radius 1 is 0.483 bits per heavy atom. The minimum atomic E-state index is -3.40. The van der Waals surface area contributed by atoms with Gasteiger partial charge in [-0.05, 0) is 0 Å². The van der Waals surface area contributed by atoms with E-state index in [1.807, 2.05) is 13.3 Å². The monoisotopic (exact) mass is 552 g/mol. The summed E-state index contributed by atoms with van der Waals surface area (Å²) in [7, 11) is 0. The van der Waals surface area contributed by atoms with Gasteiger partial charge in [0, 0.05) is 0 Å². The van der Waals surface area contributed by atoms with Gasteiger partial charge in [0.2, 0.25) is 0 Å². The van der Waals surface area contributed by atoms with Crippen LogP contribution in [0.4, 0.5) is 0 Å². The quantitative estimate of drug-likeness (QED) is 0.265. The molecule has 0 spiro atoms. The molecule has 0 atom stereocenters. The maximum absolute atomic E-state index is 3.40. The first-order chi connectivity index (χ1) is 14.2. The molecule has 0 aromatic rings. The third kappa shape index (κ3) is 3.29. The van der Waals surface area contributed by atoms with Crippen molar-refractivity contribution in [2.75, 3.05) is 0 Å². The van der Waals surface area contributed by atoms with Crippen molar-refractivity contribution < 1.29 is 20.0 Å². The Hall–Kier alpha value is -1.21. The van der Waals surface area contributed by atoms with Crippen molar-refractivity contribution in [2.24, 2.45) is 0 Å². The Morgan fingerprint density at radius 2 is 0.724 bits per heavy atom. The molecule has 0 N–H and O–H groups in total. The van der Waals surface area contributed by atoms with Gasteiger partial charge in [0.15, 0.2) is 0 Å². The fraction of sp³-hybridized carbons (Fsp3) is 0.429. The van der Waals surface area contributed by atoms with Gasteiger partial charge < -0.3 is 0 Å². The molecule has 0 saturated heterocycles. The topological polar surface area (TPSA) is 0 Å². The van der Waals surface area contributed by atoms with E-state index in [0.29, 0.717) is 0 Å². The average molecular weight is 551 g/mol. The maximum atomic E-state index is 2.47. The molecular formula is C28H36Hf. The zero-order valence-electron chi connectivity index (χ0n) is 18.8. The molecule has 29 heavy (non-hydrogen) atoms. The Morgan fingerprint density at radius 3 is 0.931 bits per heavy atom. The summed E-state index contributed by atoms with van der Waals surface area (Å²) in [5, 5.41) is 0. The van der Waals surface area contributed by atoms with Crippen LogP contribution in [0.25, 0.3) is 0 Å². The molecule has 4 aliphatic carbocycles. The van der Waals surface area contributed by atoms with E-state index in [1.165, 1.54) is 51.4 Å². The van der Waals surface area contributed by atoms with Crippen molar-refractivity contribution in [1.29, 1.82) is 0 Å². The summed E-state index contributed by atoms with van der Waals surface area (Å²) in [6.07, 6.45) is 29.3. The number of hydrogen-bond acceptors (Lipinski definition) is 0. The van der Waals surface area contributed by atoms with Crippen LogP contribution in [0, 0.1) is 0 Å². The van der Waals surface area contributed by atoms with Crippen LogP contribution < -0.4 is 0 Å². The van der Waals surface area contributed by atoms with Gasteiger partial charge in [0.1, 0.15) is 0 Å². The normalized spacial score (nSPS) is 21.4. The summed E-state index contributed by atoms with van der Waals surface area (Å²) in [4.78, 5) is 0. The van der Waals surface area contributed by atoms with E-state index in [9.17, 15) is 0 Å². The van der Waals surface area contributed by atoms with Gasteiger partial charge in [0.25, 0.3) is 0 Å². The van der Waals surface area contributed by atoms with Gasteiger partial charge in [-0.25, -0.2) is 0 Å². The first-order valence-corrected chi connectivity index (χ1v) is 19.0. The van der Waals surface area contributed by atoms with Gasteiger partial charge in [-0.1, -0.05) is 0 Å². The molecular weight excluding hydrogens is 515 g/mol. The fourth-order valence-corrected chi connectivity index (χ4v) is 30.8. The molecule has 152 valence electrons. The van der Waals surface area contributed by atoms with E-state index < -0.39 is 20.0 Å². The van der Waals surface area contributed by atoms with E-state index in [4.69, 9.17) is 0 Å². The summed E-state index contributed by atoms with van der Waals surface area (Å²) in [5.41, 5.74) is 6.69. The van der Waals surface area contributed by atoms with Crippen LogP contribution in [0.3, 0.4) is 0 Å². The molecule has 0 amide bonds. The van der Waals surface area contributed by atoms with E-state index in [2.05, 4.69) is 76.3 Å². The van der Waals surface area contributed by atoms with Crippen molar-refractivity contribution in [3.8, 4) is 0 Å². The second kappa shape index (κ2) is 8.88. The van der Waals surface area contributed by atoms with E-state index >= 15 is 0 Å². The zero-order valence-corrected chi connectivity index (χ0v) is 22.4.